The first-order valence-electron chi connectivity index (χ1n) is 7.76. The van der Waals surface area contributed by atoms with Crippen molar-refractivity contribution in [2.45, 2.75) is 17.9 Å². The van der Waals surface area contributed by atoms with Crippen molar-refractivity contribution in [2.24, 2.45) is 0 Å². The van der Waals surface area contributed by atoms with Gasteiger partial charge in [0.25, 0.3) is 0 Å². The minimum absolute atomic E-state index is 0.841. The Balaban J connectivity index is 1.51. The first-order chi connectivity index (χ1) is 11.9. The van der Waals surface area contributed by atoms with Crippen molar-refractivity contribution >= 4 is 22.8 Å². The Morgan fingerprint density at radius 2 is 2.00 bits per heavy atom. The molecule has 0 atom stereocenters. The molecule has 1 N–H and O–H groups in total. The van der Waals surface area contributed by atoms with Crippen LogP contribution in [0.3, 0.4) is 0 Å². The molecule has 3 aromatic heterocycles. The molecule has 24 heavy (non-hydrogen) atoms. The van der Waals surface area contributed by atoms with Gasteiger partial charge in [0.1, 0.15) is 11.4 Å². The molecule has 0 saturated carbocycles. The minimum atomic E-state index is 0.841. The number of hydrogen-bond donors (Lipinski definition) is 1. The maximum Gasteiger partial charge on any atom is 0.167 e. The van der Waals surface area contributed by atoms with Crippen LogP contribution in [0.25, 0.3) is 16.7 Å². The number of aryl methyl sites for hydroxylation is 1. The van der Waals surface area contributed by atoms with Crippen LogP contribution in [0.2, 0.25) is 0 Å². The Kier molecular flexibility index (Phi) is 4.24. The standard InChI is InChI=1S/C17H16N6S/c1-2-6-14(7-3-1)23-16-15(11-22-23)17(19-12-18-16)24-8-4-5-13-9-20-21-10-13/h1-3,6-7,9-12H,4-5,8H2,(H,20,21). The molecule has 0 spiro atoms. The number of nitrogens with zero attached hydrogens (tertiary/aromatic N) is 5. The SMILES string of the molecule is c1ccc(-n2ncc3c(SCCCc4cn[nH]c4)ncnc32)cc1. The molecule has 120 valence electrons. The monoisotopic (exact) mass is 336 g/mol. The number of hydrogen-bond acceptors (Lipinski definition) is 5. The van der Waals surface area contributed by atoms with Crippen molar-refractivity contribution in [3.8, 4) is 5.69 Å². The summed E-state index contributed by atoms with van der Waals surface area (Å²) in [6, 6.07) is 10.0. The van der Waals surface area contributed by atoms with E-state index < -0.39 is 0 Å². The van der Waals surface area contributed by atoms with Gasteiger partial charge in [-0.15, -0.1) is 11.8 Å². The minimum Gasteiger partial charge on any atom is -0.285 e. The van der Waals surface area contributed by atoms with Gasteiger partial charge in [-0.3, -0.25) is 5.10 Å². The van der Waals surface area contributed by atoms with E-state index in [0.29, 0.717) is 0 Å². The highest BCUT2D eigenvalue weighted by atomic mass is 32.2. The lowest BCUT2D eigenvalue weighted by Gasteiger charge is -2.04. The van der Waals surface area contributed by atoms with E-state index in [1.165, 1.54) is 5.56 Å². The Morgan fingerprint density at radius 3 is 2.83 bits per heavy atom. The molecule has 4 aromatic rings. The van der Waals surface area contributed by atoms with Crippen LogP contribution in [0, 0.1) is 0 Å². The molecule has 0 fully saturated rings. The number of thioether (sulfide) groups is 1. The third-order valence-electron chi connectivity index (χ3n) is 3.73. The average Bonchev–Trinajstić information content (AvgIpc) is 3.29. The summed E-state index contributed by atoms with van der Waals surface area (Å²) in [5.41, 5.74) is 3.08. The Bertz CT molecular complexity index is 917. The number of rotatable bonds is 6. The molecule has 7 heteroatoms. The molecule has 6 nitrogen and oxygen atoms in total. The van der Waals surface area contributed by atoms with Gasteiger partial charge in [-0.1, -0.05) is 18.2 Å². The fourth-order valence-electron chi connectivity index (χ4n) is 2.56. The van der Waals surface area contributed by atoms with Gasteiger partial charge in [0, 0.05) is 6.20 Å². The van der Waals surface area contributed by atoms with E-state index in [1.54, 1.807) is 18.1 Å². The number of aromatic amines is 1. The smallest absolute Gasteiger partial charge is 0.167 e. The molecular formula is C17H16N6S. The summed E-state index contributed by atoms with van der Waals surface area (Å²) in [6.07, 6.45) is 9.36. The lowest BCUT2D eigenvalue weighted by molar-refractivity contribution is 0.893. The van der Waals surface area contributed by atoms with E-state index in [9.17, 15) is 0 Å². The van der Waals surface area contributed by atoms with Crippen LogP contribution in [0.5, 0.6) is 0 Å². The maximum atomic E-state index is 4.48. The quantitative estimate of drug-likeness (QED) is 0.332. The predicted molar refractivity (Wildman–Crippen MR) is 94.3 cm³/mol. The third-order valence-corrected chi connectivity index (χ3v) is 4.82. The van der Waals surface area contributed by atoms with Crippen molar-refractivity contribution in [3.05, 3.63) is 60.8 Å². The second-order valence-electron chi connectivity index (χ2n) is 5.37. The lowest BCUT2D eigenvalue weighted by Crippen LogP contribution is -1.97. The Labute approximate surface area is 143 Å². The van der Waals surface area contributed by atoms with Crippen LogP contribution < -0.4 is 0 Å². The molecule has 0 aliphatic heterocycles. The van der Waals surface area contributed by atoms with Gasteiger partial charge in [-0.05, 0) is 36.3 Å². The number of H-pyrrole nitrogens is 1. The third kappa shape index (κ3) is 3.03. The van der Waals surface area contributed by atoms with E-state index in [0.717, 1.165) is 40.3 Å². The lowest BCUT2D eigenvalue weighted by atomic mass is 10.2. The van der Waals surface area contributed by atoms with Gasteiger partial charge < -0.3 is 0 Å². The Hall–Kier alpha value is -2.67. The van der Waals surface area contributed by atoms with Crippen molar-refractivity contribution in [1.82, 2.24) is 29.9 Å². The van der Waals surface area contributed by atoms with Gasteiger partial charge >= 0.3 is 0 Å². The fraction of sp³-hybridized carbons (Fsp3) is 0.176. The van der Waals surface area contributed by atoms with E-state index in [-0.39, 0.29) is 0 Å². The van der Waals surface area contributed by atoms with Gasteiger partial charge in [0.05, 0.1) is 23.5 Å². The zero-order valence-corrected chi connectivity index (χ0v) is 13.8. The molecule has 0 aliphatic rings. The van der Waals surface area contributed by atoms with E-state index in [2.05, 4.69) is 25.3 Å². The zero-order valence-electron chi connectivity index (χ0n) is 13.0. The molecule has 3 heterocycles. The van der Waals surface area contributed by atoms with Gasteiger partial charge in [-0.25, -0.2) is 14.6 Å². The van der Waals surface area contributed by atoms with Crippen molar-refractivity contribution in [2.75, 3.05) is 5.75 Å². The summed E-state index contributed by atoms with van der Waals surface area (Å²) in [6.45, 7) is 0. The summed E-state index contributed by atoms with van der Waals surface area (Å²) in [4.78, 5) is 8.84. The average molecular weight is 336 g/mol. The molecular weight excluding hydrogens is 320 g/mol. The summed E-state index contributed by atoms with van der Waals surface area (Å²) < 4.78 is 1.85. The molecule has 1 aromatic carbocycles. The van der Waals surface area contributed by atoms with Crippen LogP contribution in [0.1, 0.15) is 12.0 Å². The van der Waals surface area contributed by atoms with Crippen molar-refractivity contribution in [3.63, 3.8) is 0 Å². The number of aromatic nitrogens is 6. The maximum absolute atomic E-state index is 4.48. The van der Waals surface area contributed by atoms with E-state index >= 15 is 0 Å². The molecule has 0 aliphatic carbocycles. The molecule has 0 saturated heterocycles. The highest BCUT2D eigenvalue weighted by Gasteiger charge is 2.11. The molecule has 0 radical (unpaired) electrons. The van der Waals surface area contributed by atoms with Crippen LogP contribution in [0.4, 0.5) is 0 Å². The first-order valence-corrected chi connectivity index (χ1v) is 8.75. The summed E-state index contributed by atoms with van der Waals surface area (Å²) in [5, 5.41) is 13.3. The second kappa shape index (κ2) is 6.84. The van der Waals surface area contributed by atoms with E-state index in [1.807, 2.05) is 53.6 Å². The highest BCUT2D eigenvalue weighted by molar-refractivity contribution is 7.99. The Morgan fingerprint density at radius 1 is 1.08 bits per heavy atom. The fourth-order valence-corrected chi connectivity index (χ4v) is 3.46. The molecule has 0 unspecified atom stereocenters. The highest BCUT2D eigenvalue weighted by Crippen LogP contribution is 2.26. The largest absolute Gasteiger partial charge is 0.285 e. The van der Waals surface area contributed by atoms with Crippen LogP contribution in [0.15, 0.2) is 60.3 Å². The topological polar surface area (TPSA) is 72.3 Å². The first kappa shape index (κ1) is 14.9. The van der Waals surface area contributed by atoms with E-state index in [4.69, 9.17) is 0 Å². The van der Waals surface area contributed by atoms with Crippen LogP contribution >= 0.6 is 11.8 Å². The number of fused-ring (bicyclic) bond motifs is 1. The number of benzene rings is 1. The normalized spacial score (nSPS) is 11.2. The zero-order chi connectivity index (χ0) is 16.2. The van der Waals surface area contributed by atoms with Gasteiger partial charge in [-0.2, -0.15) is 10.2 Å². The van der Waals surface area contributed by atoms with Gasteiger partial charge in [0.15, 0.2) is 5.65 Å². The predicted octanol–water partition coefficient (Wildman–Crippen LogP) is 3.26. The summed E-state index contributed by atoms with van der Waals surface area (Å²) in [5.74, 6) is 0.994. The summed E-state index contributed by atoms with van der Waals surface area (Å²) >= 11 is 1.75. The molecule has 0 amide bonds. The van der Waals surface area contributed by atoms with Crippen LogP contribution in [-0.4, -0.2) is 35.7 Å². The number of nitrogens with one attached hydrogen (secondary N) is 1. The van der Waals surface area contributed by atoms with Gasteiger partial charge in [0.2, 0.25) is 0 Å². The van der Waals surface area contributed by atoms with Crippen molar-refractivity contribution < 1.29 is 0 Å². The molecule has 4 rings (SSSR count). The van der Waals surface area contributed by atoms with Crippen LogP contribution in [-0.2, 0) is 6.42 Å². The van der Waals surface area contributed by atoms with Crippen molar-refractivity contribution in [1.29, 1.82) is 0 Å². The molecule has 0 bridgehead atoms. The second-order valence-corrected chi connectivity index (χ2v) is 6.45. The summed E-state index contributed by atoms with van der Waals surface area (Å²) in [7, 11) is 0. The number of para-hydroxylation sites is 1.